The molecule has 6 heteroatoms. The van der Waals surface area contributed by atoms with E-state index >= 15 is 0 Å². The van der Waals surface area contributed by atoms with E-state index in [-0.39, 0.29) is 5.92 Å². The Morgan fingerprint density at radius 1 is 1.23 bits per heavy atom. The van der Waals surface area contributed by atoms with Gasteiger partial charge >= 0.3 is 0 Å². The fourth-order valence-electron chi connectivity index (χ4n) is 2.92. The molecule has 22 heavy (non-hydrogen) atoms. The molecule has 1 fully saturated rings. The molecular formula is C16H23N5O. The minimum atomic E-state index is -0.506. The molecule has 0 spiro atoms. The van der Waals surface area contributed by atoms with Gasteiger partial charge in [-0.25, -0.2) is 15.0 Å². The smallest absolute Gasteiger partial charge is 0.135 e. The van der Waals surface area contributed by atoms with Gasteiger partial charge in [0.05, 0.1) is 0 Å². The molecule has 2 aromatic rings. The number of H-pyrrole nitrogens is 1. The predicted molar refractivity (Wildman–Crippen MR) is 84.6 cm³/mol. The minimum absolute atomic E-state index is 0.244. The van der Waals surface area contributed by atoms with Gasteiger partial charge in [-0.2, -0.15) is 0 Å². The third kappa shape index (κ3) is 3.11. The molecule has 0 aromatic carbocycles. The van der Waals surface area contributed by atoms with E-state index in [2.05, 4.69) is 38.7 Å². The Balaban J connectivity index is 1.63. The number of aromatic amines is 1. The molecule has 1 aliphatic heterocycles. The molecule has 0 saturated carbocycles. The minimum Gasteiger partial charge on any atom is -0.385 e. The maximum atomic E-state index is 10.4. The van der Waals surface area contributed by atoms with Crippen molar-refractivity contribution in [1.29, 1.82) is 0 Å². The quantitative estimate of drug-likeness (QED) is 0.906. The Bertz CT molecular complexity index is 590. The average molecular weight is 301 g/mol. The van der Waals surface area contributed by atoms with Gasteiger partial charge in [0.2, 0.25) is 0 Å². The molecule has 0 bridgehead atoms. The molecule has 0 aliphatic carbocycles. The van der Waals surface area contributed by atoms with Crippen LogP contribution in [0.1, 0.15) is 50.4 Å². The number of aliphatic hydroxyl groups is 1. The molecule has 0 radical (unpaired) electrons. The molecule has 6 nitrogen and oxygen atoms in total. The number of anilines is 1. The molecule has 1 atom stereocenters. The van der Waals surface area contributed by atoms with E-state index in [4.69, 9.17) is 0 Å². The second kappa shape index (κ2) is 6.44. The van der Waals surface area contributed by atoms with Crippen LogP contribution in [0.5, 0.6) is 0 Å². The zero-order valence-corrected chi connectivity index (χ0v) is 13.1. The number of nitrogens with zero attached hydrogens (tertiary/aromatic N) is 4. The molecule has 3 rings (SSSR count). The second-order valence-electron chi connectivity index (χ2n) is 6.17. The largest absolute Gasteiger partial charge is 0.385 e. The summed E-state index contributed by atoms with van der Waals surface area (Å²) in [5, 5.41) is 10.4. The van der Waals surface area contributed by atoms with Crippen LogP contribution in [0.3, 0.4) is 0 Å². The zero-order valence-electron chi connectivity index (χ0n) is 13.1. The monoisotopic (exact) mass is 301 g/mol. The van der Waals surface area contributed by atoms with E-state index < -0.39 is 6.10 Å². The SMILES string of the molecule is CC(C)c1nccc(N2CCC(C(O)c3ncc[nH]3)CC2)n1. The number of rotatable bonds is 4. The molecular weight excluding hydrogens is 278 g/mol. The normalized spacial score (nSPS) is 17.9. The van der Waals surface area contributed by atoms with Crippen LogP contribution in [-0.2, 0) is 0 Å². The average Bonchev–Trinajstić information content (AvgIpc) is 3.09. The lowest BCUT2D eigenvalue weighted by Crippen LogP contribution is -2.36. The highest BCUT2D eigenvalue weighted by Gasteiger charge is 2.28. The summed E-state index contributed by atoms with van der Waals surface area (Å²) in [5.74, 6) is 3.12. The van der Waals surface area contributed by atoms with Crippen LogP contribution in [0.4, 0.5) is 5.82 Å². The van der Waals surface area contributed by atoms with Crippen LogP contribution in [0, 0.1) is 5.92 Å². The number of imidazole rings is 1. The van der Waals surface area contributed by atoms with Crippen molar-refractivity contribution < 1.29 is 5.11 Å². The Hall–Kier alpha value is -1.95. The van der Waals surface area contributed by atoms with Crippen molar-refractivity contribution in [3.8, 4) is 0 Å². The van der Waals surface area contributed by atoms with Gasteiger partial charge in [0.1, 0.15) is 23.6 Å². The van der Waals surface area contributed by atoms with Gasteiger partial charge in [0, 0.05) is 37.6 Å². The zero-order chi connectivity index (χ0) is 15.5. The Morgan fingerprint density at radius 2 is 2.00 bits per heavy atom. The number of hydrogen-bond acceptors (Lipinski definition) is 5. The van der Waals surface area contributed by atoms with Crippen molar-refractivity contribution in [2.75, 3.05) is 18.0 Å². The van der Waals surface area contributed by atoms with Crippen LogP contribution in [0.25, 0.3) is 0 Å². The van der Waals surface area contributed by atoms with Crippen LogP contribution >= 0.6 is 0 Å². The highest BCUT2D eigenvalue weighted by atomic mass is 16.3. The lowest BCUT2D eigenvalue weighted by atomic mass is 9.91. The lowest BCUT2D eigenvalue weighted by molar-refractivity contribution is 0.0856. The van der Waals surface area contributed by atoms with Crippen molar-refractivity contribution >= 4 is 5.82 Å². The molecule has 0 amide bonds. The van der Waals surface area contributed by atoms with Crippen LogP contribution in [-0.4, -0.2) is 38.1 Å². The summed E-state index contributed by atoms with van der Waals surface area (Å²) in [6, 6.07) is 1.97. The molecule has 118 valence electrons. The Labute approximate surface area is 130 Å². The second-order valence-corrected chi connectivity index (χ2v) is 6.17. The molecule has 1 unspecified atom stereocenters. The van der Waals surface area contributed by atoms with Crippen LogP contribution in [0.15, 0.2) is 24.7 Å². The van der Waals surface area contributed by atoms with E-state index in [0.717, 1.165) is 37.6 Å². The van der Waals surface area contributed by atoms with E-state index in [9.17, 15) is 5.11 Å². The van der Waals surface area contributed by atoms with Crippen molar-refractivity contribution in [3.05, 3.63) is 36.3 Å². The topological polar surface area (TPSA) is 77.9 Å². The summed E-state index contributed by atoms with van der Waals surface area (Å²) in [6.07, 6.45) is 6.63. The predicted octanol–water partition coefficient (Wildman–Crippen LogP) is 2.27. The maximum absolute atomic E-state index is 10.4. The van der Waals surface area contributed by atoms with E-state index in [0.29, 0.717) is 11.7 Å². The first-order chi connectivity index (χ1) is 10.6. The number of piperidine rings is 1. The fraction of sp³-hybridized carbons (Fsp3) is 0.562. The highest BCUT2D eigenvalue weighted by Crippen LogP contribution is 2.30. The van der Waals surface area contributed by atoms with Gasteiger partial charge in [-0.1, -0.05) is 13.8 Å². The van der Waals surface area contributed by atoms with Gasteiger partial charge in [-0.05, 0) is 24.8 Å². The fourth-order valence-corrected chi connectivity index (χ4v) is 2.92. The number of aromatic nitrogens is 4. The number of aliphatic hydroxyl groups excluding tert-OH is 1. The molecule has 1 aliphatic rings. The molecule has 3 heterocycles. The van der Waals surface area contributed by atoms with E-state index in [1.807, 2.05) is 12.3 Å². The first kappa shape index (κ1) is 15.0. The van der Waals surface area contributed by atoms with E-state index in [1.54, 1.807) is 12.4 Å². The van der Waals surface area contributed by atoms with Crippen molar-refractivity contribution in [3.63, 3.8) is 0 Å². The summed E-state index contributed by atoms with van der Waals surface area (Å²) < 4.78 is 0. The highest BCUT2D eigenvalue weighted by molar-refractivity contribution is 5.38. The Morgan fingerprint density at radius 3 is 2.64 bits per heavy atom. The first-order valence-corrected chi connectivity index (χ1v) is 7.90. The molecule has 2 N–H and O–H groups in total. The van der Waals surface area contributed by atoms with Crippen molar-refractivity contribution in [2.24, 2.45) is 5.92 Å². The summed E-state index contributed by atoms with van der Waals surface area (Å²) >= 11 is 0. The number of hydrogen-bond donors (Lipinski definition) is 2. The van der Waals surface area contributed by atoms with Crippen molar-refractivity contribution in [1.82, 2.24) is 19.9 Å². The summed E-state index contributed by atoms with van der Waals surface area (Å²) in [5.41, 5.74) is 0. The van der Waals surface area contributed by atoms with Gasteiger partial charge in [-0.15, -0.1) is 0 Å². The third-order valence-electron chi connectivity index (χ3n) is 4.29. The van der Waals surface area contributed by atoms with Crippen LogP contribution in [0.2, 0.25) is 0 Å². The van der Waals surface area contributed by atoms with Gasteiger partial charge < -0.3 is 15.0 Å². The molecule has 1 saturated heterocycles. The summed E-state index contributed by atoms with van der Waals surface area (Å²) in [7, 11) is 0. The van der Waals surface area contributed by atoms with Gasteiger partial charge in [0.25, 0.3) is 0 Å². The maximum Gasteiger partial charge on any atom is 0.135 e. The van der Waals surface area contributed by atoms with Gasteiger partial charge in [-0.3, -0.25) is 0 Å². The van der Waals surface area contributed by atoms with E-state index in [1.165, 1.54) is 0 Å². The lowest BCUT2D eigenvalue weighted by Gasteiger charge is -2.34. The first-order valence-electron chi connectivity index (χ1n) is 7.90. The van der Waals surface area contributed by atoms with Crippen molar-refractivity contribution in [2.45, 2.75) is 38.7 Å². The summed E-state index contributed by atoms with van der Waals surface area (Å²) in [4.78, 5) is 18.4. The standard InChI is InChI=1S/C16H23N5O/c1-11(2)15-17-6-3-13(20-15)21-9-4-12(5-10-21)14(22)16-18-7-8-19-16/h3,6-8,11-12,14,22H,4-5,9-10H2,1-2H3,(H,18,19). The number of nitrogens with one attached hydrogen (secondary N) is 1. The van der Waals surface area contributed by atoms with Crippen LogP contribution < -0.4 is 4.90 Å². The third-order valence-corrected chi connectivity index (χ3v) is 4.29. The van der Waals surface area contributed by atoms with Gasteiger partial charge in [0.15, 0.2) is 0 Å². The summed E-state index contributed by atoms with van der Waals surface area (Å²) in [6.45, 7) is 6.00. The molecule has 2 aromatic heterocycles. The Kier molecular flexibility index (Phi) is 4.38.